The van der Waals surface area contributed by atoms with E-state index in [4.69, 9.17) is 11.6 Å². The third kappa shape index (κ3) is 3.26. The Morgan fingerprint density at radius 3 is 2.89 bits per heavy atom. The number of nitrogens with one attached hydrogen (secondary N) is 2. The summed E-state index contributed by atoms with van der Waals surface area (Å²) >= 11 is 6.24. The van der Waals surface area contributed by atoms with Gasteiger partial charge >= 0.3 is 0 Å². The number of benzene rings is 1. The van der Waals surface area contributed by atoms with Crippen molar-refractivity contribution in [3.63, 3.8) is 0 Å². The quantitative estimate of drug-likeness (QED) is 0.858. The van der Waals surface area contributed by atoms with Crippen LogP contribution in [0.2, 0.25) is 5.02 Å². The molecule has 2 N–H and O–H groups in total. The first-order valence-corrected chi connectivity index (χ1v) is 6.60. The third-order valence-electron chi connectivity index (χ3n) is 2.92. The Hall–Kier alpha value is -1.48. The standard InChI is InChI=1S/C14H17ClN2O/c1-2-3-4-10-5-6-11(7-13(10)15)17-12-8-14(18)16-9-12/h5-8,17H,2-4,9H2,1H3,(H,16,18). The van der Waals surface area contributed by atoms with Crippen LogP contribution < -0.4 is 10.6 Å². The predicted octanol–water partition coefficient (Wildman–Crippen LogP) is 3.11. The van der Waals surface area contributed by atoms with E-state index in [9.17, 15) is 4.79 Å². The molecule has 0 bridgehead atoms. The lowest BCUT2D eigenvalue weighted by molar-refractivity contribution is -0.115. The molecule has 3 nitrogen and oxygen atoms in total. The molecule has 1 amide bonds. The lowest BCUT2D eigenvalue weighted by atomic mass is 10.1. The summed E-state index contributed by atoms with van der Waals surface area (Å²) in [6, 6.07) is 5.96. The number of rotatable bonds is 5. The molecule has 0 saturated carbocycles. The van der Waals surface area contributed by atoms with Crippen LogP contribution in [-0.4, -0.2) is 12.5 Å². The van der Waals surface area contributed by atoms with E-state index in [0.717, 1.165) is 35.7 Å². The molecule has 1 aliphatic heterocycles. The Morgan fingerprint density at radius 2 is 2.28 bits per heavy atom. The number of unbranched alkanes of at least 4 members (excludes halogenated alkanes) is 1. The van der Waals surface area contributed by atoms with Crippen LogP contribution in [0.25, 0.3) is 0 Å². The van der Waals surface area contributed by atoms with Gasteiger partial charge in [0.25, 0.3) is 0 Å². The lowest BCUT2D eigenvalue weighted by Gasteiger charge is -2.09. The van der Waals surface area contributed by atoms with Crippen LogP contribution >= 0.6 is 11.6 Å². The Labute approximate surface area is 112 Å². The summed E-state index contributed by atoms with van der Waals surface area (Å²) in [6.07, 6.45) is 4.89. The molecule has 18 heavy (non-hydrogen) atoms. The second-order valence-electron chi connectivity index (χ2n) is 4.42. The zero-order chi connectivity index (χ0) is 13.0. The van der Waals surface area contributed by atoms with Gasteiger partial charge in [0, 0.05) is 22.5 Å². The summed E-state index contributed by atoms with van der Waals surface area (Å²) in [5, 5.41) is 6.69. The number of aryl methyl sites for hydroxylation is 1. The van der Waals surface area contributed by atoms with Gasteiger partial charge in [-0.3, -0.25) is 4.79 Å². The molecule has 0 aliphatic carbocycles. The summed E-state index contributed by atoms with van der Waals surface area (Å²) in [5.74, 6) is -0.0526. The molecule has 1 aliphatic rings. The van der Waals surface area contributed by atoms with Crippen molar-refractivity contribution in [3.05, 3.63) is 40.6 Å². The van der Waals surface area contributed by atoms with E-state index in [2.05, 4.69) is 17.6 Å². The van der Waals surface area contributed by atoms with E-state index in [1.165, 1.54) is 5.56 Å². The first kappa shape index (κ1) is 13.0. The maximum atomic E-state index is 11.0. The highest BCUT2D eigenvalue weighted by Crippen LogP contribution is 2.23. The van der Waals surface area contributed by atoms with Crippen LogP contribution in [-0.2, 0) is 11.2 Å². The SMILES string of the molecule is CCCCc1ccc(NC2=CC(=O)NC2)cc1Cl. The Morgan fingerprint density at radius 1 is 1.44 bits per heavy atom. The number of halogens is 1. The molecule has 0 unspecified atom stereocenters. The van der Waals surface area contributed by atoms with E-state index >= 15 is 0 Å². The van der Waals surface area contributed by atoms with E-state index in [1.807, 2.05) is 18.2 Å². The summed E-state index contributed by atoms with van der Waals surface area (Å²) in [6.45, 7) is 2.72. The van der Waals surface area contributed by atoms with Crippen molar-refractivity contribution < 1.29 is 4.79 Å². The second-order valence-corrected chi connectivity index (χ2v) is 4.83. The summed E-state index contributed by atoms with van der Waals surface area (Å²) in [5.41, 5.74) is 2.97. The number of anilines is 1. The minimum absolute atomic E-state index is 0.0526. The van der Waals surface area contributed by atoms with Crippen molar-refractivity contribution in [1.82, 2.24) is 5.32 Å². The smallest absolute Gasteiger partial charge is 0.246 e. The Balaban J connectivity index is 2.04. The van der Waals surface area contributed by atoms with Crippen molar-refractivity contribution in [2.45, 2.75) is 26.2 Å². The molecule has 1 aromatic carbocycles. The van der Waals surface area contributed by atoms with Crippen molar-refractivity contribution >= 4 is 23.2 Å². The van der Waals surface area contributed by atoms with Gasteiger partial charge in [-0.1, -0.05) is 31.0 Å². The highest BCUT2D eigenvalue weighted by molar-refractivity contribution is 6.31. The Kier molecular flexibility index (Phi) is 4.26. The van der Waals surface area contributed by atoms with E-state index < -0.39 is 0 Å². The summed E-state index contributed by atoms with van der Waals surface area (Å²) in [7, 11) is 0. The Bertz CT molecular complexity index is 483. The molecular formula is C14H17ClN2O. The van der Waals surface area contributed by atoms with Crippen molar-refractivity contribution in [1.29, 1.82) is 0 Å². The van der Waals surface area contributed by atoms with Crippen LogP contribution in [0.4, 0.5) is 5.69 Å². The maximum absolute atomic E-state index is 11.0. The van der Waals surface area contributed by atoms with Gasteiger partial charge < -0.3 is 10.6 Å². The zero-order valence-electron chi connectivity index (χ0n) is 10.4. The highest BCUT2D eigenvalue weighted by atomic mass is 35.5. The zero-order valence-corrected chi connectivity index (χ0v) is 11.2. The van der Waals surface area contributed by atoms with Gasteiger partial charge in [0.15, 0.2) is 0 Å². The van der Waals surface area contributed by atoms with Gasteiger partial charge in [0.2, 0.25) is 5.91 Å². The molecule has 2 rings (SSSR count). The summed E-state index contributed by atoms with van der Waals surface area (Å²) in [4.78, 5) is 11.0. The fourth-order valence-corrected chi connectivity index (χ4v) is 2.18. The van der Waals surface area contributed by atoms with Gasteiger partial charge in [0.1, 0.15) is 0 Å². The molecule has 0 saturated heterocycles. The lowest BCUT2D eigenvalue weighted by Crippen LogP contribution is -2.16. The van der Waals surface area contributed by atoms with Crippen LogP contribution in [0.1, 0.15) is 25.3 Å². The molecule has 96 valence electrons. The van der Waals surface area contributed by atoms with Gasteiger partial charge in [-0.25, -0.2) is 0 Å². The first-order chi connectivity index (χ1) is 8.69. The topological polar surface area (TPSA) is 41.1 Å². The van der Waals surface area contributed by atoms with Crippen LogP contribution in [0, 0.1) is 0 Å². The van der Waals surface area contributed by atoms with Crippen molar-refractivity contribution in [2.75, 3.05) is 11.9 Å². The van der Waals surface area contributed by atoms with Crippen LogP contribution in [0.3, 0.4) is 0 Å². The minimum atomic E-state index is -0.0526. The molecule has 1 aromatic rings. The molecule has 0 aromatic heterocycles. The van der Waals surface area contributed by atoms with Gasteiger partial charge in [0.05, 0.1) is 6.54 Å². The highest BCUT2D eigenvalue weighted by Gasteiger charge is 2.10. The van der Waals surface area contributed by atoms with Crippen LogP contribution in [0.5, 0.6) is 0 Å². The van der Waals surface area contributed by atoms with Gasteiger partial charge in [-0.2, -0.15) is 0 Å². The predicted molar refractivity (Wildman–Crippen MR) is 74.8 cm³/mol. The average molecular weight is 265 g/mol. The maximum Gasteiger partial charge on any atom is 0.246 e. The van der Waals surface area contributed by atoms with Crippen LogP contribution in [0.15, 0.2) is 30.0 Å². The third-order valence-corrected chi connectivity index (χ3v) is 3.27. The molecule has 1 heterocycles. The van der Waals surface area contributed by atoms with Crippen molar-refractivity contribution in [3.8, 4) is 0 Å². The number of amides is 1. The van der Waals surface area contributed by atoms with E-state index in [1.54, 1.807) is 6.08 Å². The number of carbonyl (C=O) groups is 1. The molecule has 0 radical (unpaired) electrons. The van der Waals surface area contributed by atoms with Crippen molar-refractivity contribution in [2.24, 2.45) is 0 Å². The van der Waals surface area contributed by atoms with E-state index in [0.29, 0.717) is 6.54 Å². The first-order valence-electron chi connectivity index (χ1n) is 6.23. The largest absolute Gasteiger partial charge is 0.357 e. The molecule has 0 spiro atoms. The monoisotopic (exact) mass is 264 g/mol. The molecular weight excluding hydrogens is 248 g/mol. The summed E-state index contributed by atoms with van der Waals surface area (Å²) < 4.78 is 0. The fourth-order valence-electron chi connectivity index (χ4n) is 1.90. The molecule has 4 heteroatoms. The number of hydrogen-bond donors (Lipinski definition) is 2. The number of hydrogen-bond acceptors (Lipinski definition) is 2. The average Bonchev–Trinajstić information content (AvgIpc) is 2.74. The van der Waals surface area contributed by atoms with Gasteiger partial charge in [-0.05, 0) is 30.5 Å². The fraction of sp³-hybridized carbons (Fsp3) is 0.357. The normalized spacial score (nSPS) is 14.3. The molecule has 0 atom stereocenters. The van der Waals surface area contributed by atoms with Gasteiger partial charge in [-0.15, -0.1) is 0 Å². The number of carbonyl (C=O) groups excluding carboxylic acids is 1. The second kappa shape index (κ2) is 5.91. The molecule has 0 fully saturated rings. The minimum Gasteiger partial charge on any atom is -0.357 e. The van der Waals surface area contributed by atoms with E-state index in [-0.39, 0.29) is 5.91 Å².